The van der Waals surface area contributed by atoms with Gasteiger partial charge in [0.25, 0.3) is 0 Å². The Balaban J connectivity index is 2.24. The van der Waals surface area contributed by atoms with Crippen LogP contribution in [0.25, 0.3) is 0 Å². The molecule has 3 nitrogen and oxygen atoms in total. The van der Waals surface area contributed by atoms with Crippen LogP contribution in [0, 0.1) is 0 Å². The van der Waals surface area contributed by atoms with Crippen LogP contribution in [-0.2, 0) is 4.79 Å². The summed E-state index contributed by atoms with van der Waals surface area (Å²) in [7, 11) is 1.91. The lowest BCUT2D eigenvalue weighted by molar-refractivity contribution is -0.141. The van der Waals surface area contributed by atoms with Gasteiger partial charge in [0.05, 0.1) is 6.04 Å². The third-order valence-electron chi connectivity index (χ3n) is 4.67. The molecule has 1 saturated heterocycles. The van der Waals surface area contributed by atoms with Crippen LogP contribution in [0.4, 0.5) is 0 Å². The summed E-state index contributed by atoms with van der Waals surface area (Å²) in [6.45, 7) is 4.47. The highest BCUT2D eigenvalue weighted by Crippen LogP contribution is 2.32. The molecule has 1 amide bonds. The number of hydrogen-bond acceptors (Lipinski definition) is 2. The number of nitrogens with one attached hydrogen (secondary N) is 1. The first-order valence-corrected chi connectivity index (χ1v) is 7.72. The first kappa shape index (κ1) is 14.6. The van der Waals surface area contributed by atoms with E-state index in [0.717, 1.165) is 38.5 Å². The molecule has 1 N–H and O–H groups in total. The van der Waals surface area contributed by atoms with Gasteiger partial charge in [0.1, 0.15) is 0 Å². The Hall–Kier alpha value is -0.830. The maximum Gasteiger partial charge on any atom is 0.240 e. The molecule has 0 spiro atoms. The maximum absolute atomic E-state index is 12.8. The number of likely N-dealkylation sites (N-methyl/N-ethyl adjacent to an activating group) is 1. The monoisotopic (exact) mass is 264 g/mol. The lowest BCUT2D eigenvalue weighted by Crippen LogP contribution is -2.56. The molecule has 0 radical (unpaired) electrons. The van der Waals surface area contributed by atoms with Gasteiger partial charge >= 0.3 is 0 Å². The van der Waals surface area contributed by atoms with Gasteiger partial charge in [-0.3, -0.25) is 4.79 Å². The van der Waals surface area contributed by atoms with Crippen LogP contribution in [0.5, 0.6) is 0 Å². The maximum atomic E-state index is 12.8. The quantitative estimate of drug-likeness (QED) is 0.778. The van der Waals surface area contributed by atoms with Crippen LogP contribution in [0.2, 0.25) is 0 Å². The molecule has 1 heterocycles. The fraction of sp³-hybridized carbons (Fsp3) is 0.812. The van der Waals surface area contributed by atoms with Gasteiger partial charge in [-0.25, -0.2) is 0 Å². The minimum absolute atomic E-state index is 0.00834. The molecule has 1 aliphatic heterocycles. The van der Waals surface area contributed by atoms with Crippen molar-refractivity contribution in [2.24, 2.45) is 0 Å². The van der Waals surface area contributed by atoms with E-state index in [2.05, 4.69) is 36.2 Å². The number of allylic oxidation sites excluding steroid dienone is 1. The number of nitrogens with zero attached hydrogens (tertiary/aromatic N) is 1. The fourth-order valence-corrected chi connectivity index (χ4v) is 3.59. The number of hydrogen-bond donors (Lipinski definition) is 1. The van der Waals surface area contributed by atoms with Crippen molar-refractivity contribution in [1.82, 2.24) is 10.2 Å². The minimum Gasteiger partial charge on any atom is -0.333 e. The summed E-state index contributed by atoms with van der Waals surface area (Å²) in [5.41, 5.74) is -0.00840. The molecular weight excluding hydrogens is 236 g/mol. The molecule has 0 aromatic heterocycles. The van der Waals surface area contributed by atoms with E-state index in [1.807, 2.05) is 7.05 Å². The second-order valence-electron chi connectivity index (χ2n) is 6.55. The Labute approximate surface area is 117 Å². The molecule has 2 atom stereocenters. The summed E-state index contributed by atoms with van der Waals surface area (Å²) in [6.07, 6.45) is 12.3. The average molecular weight is 264 g/mol. The van der Waals surface area contributed by atoms with Crippen molar-refractivity contribution in [2.45, 2.75) is 76.4 Å². The standard InChI is InChI=1S/C16H28N2O/c1-16(2)12-8-11-14(17-3)15(19)18(16)13-9-6-4-5-7-10-13/h4,6,13-14,17H,5,7-12H2,1-3H3. The Bertz CT molecular complexity index is 349. The van der Waals surface area contributed by atoms with Gasteiger partial charge < -0.3 is 10.2 Å². The molecule has 19 heavy (non-hydrogen) atoms. The molecule has 2 aliphatic rings. The zero-order valence-electron chi connectivity index (χ0n) is 12.6. The molecule has 1 fully saturated rings. The summed E-state index contributed by atoms with van der Waals surface area (Å²) in [6, 6.07) is 0.393. The topological polar surface area (TPSA) is 32.3 Å². The Morgan fingerprint density at radius 2 is 2.05 bits per heavy atom. The lowest BCUT2D eigenvalue weighted by atomic mass is 9.93. The number of carbonyl (C=O) groups excluding carboxylic acids is 1. The molecule has 0 bridgehead atoms. The predicted molar refractivity (Wildman–Crippen MR) is 79.0 cm³/mol. The van der Waals surface area contributed by atoms with Crippen LogP contribution in [0.15, 0.2) is 12.2 Å². The van der Waals surface area contributed by atoms with E-state index in [9.17, 15) is 4.79 Å². The van der Waals surface area contributed by atoms with E-state index in [1.165, 1.54) is 6.42 Å². The number of amides is 1. The summed E-state index contributed by atoms with van der Waals surface area (Å²) in [5, 5.41) is 3.21. The first-order chi connectivity index (χ1) is 9.06. The van der Waals surface area contributed by atoms with E-state index >= 15 is 0 Å². The van der Waals surface area contributed by atoms with Crippen molar-refractivity contribution in [3.05, 3.63) is 12.2 Å². The van der Waals surface area contributed by atoms with Gasteiger partial charge in [0, 0.05) is 11.6 Å². The average Bonchev–Trinajstić information content (AvgIpc) is 2.67. The van der Waals surface area contributed by atoms with Crippen molar-refractivity contribution < 1.29 is 4.79 Å². The van der Waals surface area contributed by atoms with Crippen molar-refractivity contribution in [1.29, 1.82) is 0 Å². The molecule has 2 rings (SSSR count). The van der Waals surface area contributed by atoms with Crippen LogP contribution in [0.1, 0.15) is 58.8 Å². The number of rotatable bonds is 2. The third-order valence-corrected chi connectivity index (χ3v) is 4.67. The fourth-order valence-electron chi connectivity index (χ4n) is 3.59. The van der Waals surface area contributed by atoms with Gasteiger partial charge in [-0.15, -0.1) is 0 Å². The van der Waals surface area contributed by atoms with E-state index < -0.39 is 0 Å². The van der Waals surface area contributed by atoms with Gasteiger partial charge in [0.2, 0.25) is 5.91 Å². The Morgan fingerprint density at radius 1 is 1.26 bits per heavy atom. The number of likely N-dealkylation sites (tertiary alicyclic amines) is 1. The largest absolute Gasteiger partial charge is 0.333 e. The third kappa shape index (κ3) is 3.19. The van der Waals surface area contributed by atoms with E-state index in [4.69, 9.17) is 0 Å². The zero-order valence-corrected chi connectivity index (χ0v) is 12.6. The van der Waals surface area contributed by atoms with Crippen LogP contribution in [-0.4, -0.2) is 35.5 Å². The highest BCUT2D eigenvalue weighted by molar-refractivity contribution is 5.83. The smallest absolute Gasteiger partial charge is 0.240 e. The van der Waals surface area contributed by atoms with Gasteiger partial charge in [-0.05, 0) is 65.8 Å². The molecule has 0 aromatic carbocycles. The number of carbonyl (C=O) groups is 1. The first-order valence-electron chi connectivity index (χ1n) is 7.72. The van der Waals surface area contributed by atoms with Crippen LogP contribution >= 0.6 is 0 Å². The molecule has 3 heteroatoms. The normalized spacial score (nSPS) is 31.9. The van der Waals surface area contributed by atoms with Gasteiger partial charge in [0.15, 0.2) is 0 Å². The second-order valence-corrected chi connectivity index (χ2v) is 6.55. The predicted octanol–water partition coefficient (Wildman–Crippen LogP) is 2.86. The minimum atomic E-state index is -0.00840. The Kier molecular flexibility index (Phi) is 4.67. The van der Waals surface area contributed by atoms with Crippen molar-refractivity contribution in [3.8, 4) is 0 Å². The lowest BCUT2D eigenvalue weighted by Gasteiger charge is -2.43. The van der Waals surface area contributed by atoms with Crippen molar-refractivity contribution in [3.63, 3.8) is 0 Å². The van der Waals surface area contributed by atoms with Gasteiger partial charge in [-0.1, -0.05) is 12.2 Å². The highest BCUT2D eigenvalue weighted by atomic mass is 16.2. The summed E-state index contributed by atoms with van der Waals surface area (Å²) in [5.74, 6) is 0.310. The second kappa shape index (κ2) is 6.08. The summed E-state index contributed by atoms with van der Waals surface area (Å²) < 4.78 is 0. The summed E-state index contributed by atoms with van der Waals surface area (Å²) in [4.78, 5) is 15.0. The molecule has 1 aliphatic carbocycles. The van der Waals surface area contributed by atoms with E-state index in [-0.39, 0.29) is 11.6 Å². The molecule has 0 aromatic rings. The van der Waals surface area contributed by atoms with Crippen LogP contribution < -0.4 is 5.32 Å². The molecule has 2 unspecified atom stereocenters. The molecule has 0 saturated carbocycles. The van der Waals surface area contributed by atoms with Crippen molar-refractivity contribution in [2.75, 3.05) is 7.05 Å². The van der Waals surface area contributed by atoms with E-state index in [1.54, 1.807) is 0 Å². The van der Waals surface area contributed by atoms with Gasteiger partial charge in [-0.2, -0.15) is 0 Å². The van der Waals surface area contributed by atoms with Crippen LogP contribution in [0.3, 0.4) is 0 Å². The SMILES string of the molecule is CNC1CCCC(C)(C)N(C2CC=CCCC2)C1=O. The molecule has 108 valence electrons. The molecular formula is C16H28N2O. The van der Waals surface area contributed by atoms with E-state index in [0.29, 0.717) is 11.9 Å². The Morgan fingerprint density at radius 3 is 2.79 bits per heavy atom. The summed E-state index contributed by atoms with van der Waals surface area (Å²) >= 11 is 0. The highest BCUT2D eigenvalue weighted by Gasteiger charge is 2.40. The van der Waals surface area contributed by atoms with Crippen molar-refractivity contribution >= 4 is 5.91 Å². The zero-order chi connectivity index (χ0) is 13.9.